The van der Waals surface area contributed by atoms with Crippen LogP contribution < -0.4 is 0 Å². The summed E-state index contributed by atoms with van der Waals surface area (Å²) >= 11 is 7.50. The smallest absolute Gasteiger partial charge is 0.104 e. The van der Waals surface area contributed by atoms with Gasteiger partial charge in [-0.15, -0.1) is 0 Å². The molecule has 1 aromatic rings. The first-order chi connectivity index (χ1) is 7.86. The number of halogens is 2. The summed E-state index contributed by atoms with van der Waals surface area (Å²) in [6.45, 7) is 6.46. The Kier molecular flexibility index (Phi) is 3.73. The van der Waals surface area contributed by atoms with Crippen LogP contribution in [0.4, 0.5) is 0 Å². The lowest BCUT2D eigenvalue weighted by Crippen LogP contribution is -2.53. The lowest BCUT2D eigenvalue weighted by molar-refractivity contribution is -0.160. The molecule has 3 atom stereocenters. The molecule has 1 nitrogen and oxygen atoms in total. The van der Waals surface area contributed by atoms with Gasteiger partial charge in [0.25, 0.3) is 0 Å². The lowest BCUT2D eigenvalue weighted by atomic mass is 9.83. The zero-order chi connectivity index (χ0) is 12.7. The molecule has 0 amide bonds. The number of rotatable bonds is 1. The van der Waals surface area contributed by atoms with Gasteiger partial charge in [0, 0.05) is 9.65 Å². The van der Waals surface area contributed by atoms with Crippen LogP contribution in [0.3, 0.4) is 0 Å². The van der Waals surface area contributed by atoms with Gasteiger partial charge in [-0.1, -0.05) is 62.2 Å². The normalized spacial score (nSPS) is 36.8. The molecule has 0 spiro atoms. The molecule has 1 fully saturated rings. The summed E-state index contributed by atoms with van der Waals surface area (Å²) < 4.78 is 6.38. The minimum atomic E-state index is -0.269. The van der Waals surface area contributed by atoms with Gasteiger partial charge in [0.1, 0.15) is 5.60 Å². The molecular formula is C14H18Br2O. The van der Waals surface area contributed by atoms with Crippen molar-refractivity contribution in [2.75, 3.05) is 0 Å². The van der Waals surface area contributed by atoms with E-state index in [1.165, 1.54) is 5.56 Å². The molecule has 0 N–H and O–H groups in total. The second-order valence-corrected chi connectivity index (χ2v) is 7.56. The van der Waals surface area contributed by atoms with Crippen LogP contribution in [0.25, 0.3) is 0 Å². The first kappa shape index (κ1) is 13.6. The quantitative estimate of drug-likeness (QED) is 0.662. The van der Waals surface area contributed by atoms with Crippen LogP contribution in [0.1, 0.15) is 32.8 Å². The van der Waals surface area contributed by atoms with Gasteiger partial charge in [0.2, 0.25) is 0 Å². The van der Waals surface area contributed by atoms with Crippen molar-refractivity contribution in [1.82, 2.24) is 0 Å². The third-order valence-electron chi connectivity index (χ3n) is 3.59. The van der Waals surface area contributed by atoms with Gasteiger partial charge < -0.3 is 4.74 Å². The average Bonchev–Trinajstić information content (AvgIpc) is 2.27. The molecule has 0 saturated carbocycles. The fourth-order valence-corrected chi connectivity index (χ4v) is 4.07. The van der Waals surface area contributed by atoms with Crippen LogP contribution in [0.2, 0.25) is 0 Å². The fraction of sp³-hybridized carbons (Fsp3) is 0.571. The van der Waals surface area contributed by atoms with E-state index < -0.39 is 0 Å². The molecule has 1 aliphatic heterocycles. The Labute approximate surface area is 120 Å². The molecule has 1 heterocycles. The number of hydrogen-bond acceptors (Lipinski definition) is 1. The SMILES string of the molecule is CC1(C)O[C@](C)(c2ccccc2)[C@@H](Br)C[C@@H]1Br. The molecule has 1 saturated heterocycles. The molecule has 17 heavy (non-hydrogen) atoms. The first-order valence-corrected chi connectivity index (χ1v) is 7.73. The van der Waals surface area contributed by atoms with Gasteiger partial charge in [0.15, 0.2) is 0 Å². The van der Waals surface area contributed by atoms with E-state index in [0.29, 0.717) is 9.65 Å². The van der Waals surface area contributed by atoms with E-state index in [-0.39, 0.29) is 11.2 Å². The van der Waals surface area contributed by atoms with Gasteiger partial charge >= 0.3 is 0 Å². The Hall–Kier alpha value is 0.140. The summed E-state index contributed by atoms with van der Waals surface area (Å²) in [5, 5.41) is 0. The molecule has 0 radical (unpaired) electrons. The van der Waals surface area contributed by atoms with E-state index in [1.54, 1.807) is 0 Å². The summed E-state index contributed by atoms with van der Waals surface area (Å²) in [4.78, 5) is 0.686. The largest absolute Gasteiger partial charge is 0.362 e. The molecule has 0 bridgehead atoms. The number of alkyl halides is 2. The van der Waals surface area contributed by atoms with Crippen molar-refractivity contribution >= 4 is 31.9 Å². The van der Waals surface area contributed by atoms with Gasteiger partial charge in [-0.3, -0.25) is 0 Å². The summed E-state index contributed by atoms with van der Waals surface area (Å²) in [7, 11) is 0. The van der Waals surface area contributed by atoms with Crippen LogP contribution in [0.15, 0.2) is 30.3 Å². The van der Waals surface area contributed by atoms with Gasteiger partial charge in [0.05, 0.1) is 5.60 Å². The second kappa shape index (κ2) is 4.67. The number of hydrogen-bond donors (Lipinski definition) is 0. The van der Waals surface area contributed by atoms with Crippen molar-refractivity contribution in [2.45, 2.75) is 48.0 Å². The first-order valence-electron chi connectivity index (χ1n) is 5.90. The molecule has 94 valence electrons. The summed E-state index contributed by atoms with van der Waals surface area (Å²) in [5.41, 5.74) is 0.804. The highest BCUT2D eigenvalue weighted by Gasteiger charge is 2.48. The Morgan fingerprint density at radius 2 is 1.65 bits per heavy atom. The minimum absolute atomic E-state index is 0.158. The van der Waals surface area contributed by atoms with Crippen LogP contribution >= 0.6 is 31.9 Å². The third kappa shape index (κ3) is 2.47. The Balaban J connectivity index is 2.37. The van der Waals surface area contributed by atoms with Crippen molar-refractivity contribution in [2.24, 2.45) is 0 Å². The zero-order valence-corrected chi connectivity index (χ0v) is 13.6. The second-order valence-electron chi connectivity index (χ2n) is 5.35. The molecule has 1 aliphatic rings. The lowest BCUT2D eigenvalue weighted by Gasteiger charge is -2.49. The maximum atomic E-state index is 6.38. The van der Waals surface area contributed by atoms with Crippen LogP contribution in [-0.4, -0.2) is 15.3 Å². The highest BCUT2D eigenvalue weighted by molar-refractivity contribution is 9.10. The van der Waals surface area contributed by atoms with Crippen molar-refractivity contribution in [3.05, 3.63) is 35.9 Å². The third-order valence-corrected chi connectivity index (χ3v) is 6.31. The van der Waals surface area contributed by atoms with Gasteiger partial charge in [-0.2, -0.15) is 0 Å². The van der Waals surface area contributed by atoms with E-state index >= 15 is 0 Å². The predicted octanol–water partition coefficient (Wildman–Crippen LogP) is 4.63. The summed E-state index contributed by atoms with van der Waals surface area (Å²) in [6.07, 6.45) is 1.05. The van der Waals surface area contributed by atoms with Gasteiger partial charge in [-0.25, -0.2) is 0 Å². The molecule has 3 heteroatoms. The Morgan fingerprint density at radius 3 is 2.24 bits per heavy atom. The maximum absolute atomic E-state index is 6.38. The van der Waals surface area contributed by atoms with E-state index in [9.17, 15) is 0 Å². The monoisotopic (exact) mass is 360 g/mol. The zero-order valence-electron chi connectivity index (χ0n) is 10.4. The Morgan fingerprint density at radius 1 is 1.06 bits per heavy atom. The van der Waals surface area contributed by atoms with Crippen molar-refractivity contribution < 1.29 is 4.74 Å². The van der Waals surface area contributed by atoms with E-state index in [2.05, 4.69) is 76.9 Å². The molecule has 1 aromatic carbocycles. The van der Waals surface area contributed by atoms with Crippen LogP contribution in [0, 0.1) is 0 Å². The van der Waals surface area contributed by atoms with Crippen LogP contribution in [-0.2, 0) is 10.3 Å². The highest BCUT2D eigenvalue weighted by atomic mass is 79.9. The van der Waals surface area contributed by atoms with E-state index in [1.807, 2.05) is 6.07 Å². The number of benzene rings is 1. The van der Waals surface area contributed by atoms with Crippen molar-refractivity contribution in [3.63, 3.8) is 0 Å². The predicted molar refractivity (Wildman–Crippen MR) is 79.0 cm³/mol. The van der Waals surface area contributed by atoms with Crippen molar-refractivity contribution in [3.8, 4) is 0 Å². The minimum Gasteiger partial charge on any atom is -0.362 e. The molecular weight excluding hydrogens is 344 g/mol. The Bertz CT molecular complexity index is 390. The summed E-state index contributed by atoms with van der Waals surface area (Å²) in [5.74, 6) is 0. The highest BCUT2D eigenvalue weighted by Crippen LogP contribution is 2.47. The topological polar surface area (TPSA) is 9.23 Å². The molecule has 2 rings (SSSR count). The fourth-order valence-electron chi connectivity index (χ4n) is 2.37. The molecule has 0 aromatic heterocycles. The standard InChI is InChI=1S/C14H18Br2O/c1-13(2)11(15)9-12(16)14(3,17-13)10-7-5-4-6-8-10/h4-8,11-12H,9H2,1-3H3/t11-,12-,14+/m0/s1. The van der Waals surface area contributed by atoms with E-state index in [0.717, 1.165) is 6.42 Å². The summed E-state index contributed by atoms with van der Waals surface area (Å²) in [6, 6.07) is 10.4. The van der Waals surface area contributed by atoms with E-state index in [4.69, 9.17) is 4.74 Å². The maximum Gasteiger partial charge on any atom is 0.104 e. The van der Waals surface area contributed by atoms with Crippen LogP contribution in [0.5, 0.6) is 0 Å². The van der Waals surface area contributed by atoms with Gasteiger partial charge in [-0.05, 0) is 32.8 Å². The average molecular weight is 362 g/mol. The molecule has 0 unspecified atom stereocenters. The van der Waals surface area contributed by atoms with Crippen molar-refractivity contribution in [1.29, 1.82) is 0 Å². The number of ether oxygens (including phenoxy) is 1. The molecule has 0 aliphatic carbocycles.